The second-order valence-corrected chi connectivity index (χ2v) is 13.1. The summed E-state index contributed by atoms with van der Waals surface area (Å²) >= 11 is 0. The van der Waals surface area contributed by atoms with E-state index in [0.29, 0.717) is 0 Å². The van der Waals surface area contributed by atoms with E-state index in [2.05, 4.69) is 195 Å². The van der Waals surface area contributed by atoms with E-state index in [1.807, 2.05) is 0 Å². The third-order valence-electron chi connectivity index (χ3n) is 6.09. The van der Waals surface area contributed by atoms with Gasteiger partial charge in [-0.05, 0) is 47.7 Å². The maximum Gasteiger partial charge on any atom is 0 e. The van der Waals surface area contributed by atoms with Gasteiger partial charge in [0.05, 0.1) is 0 Å². The van der Waals surface area contributed by atoms with Crippen molar-refractivity contribution in [3.63, 3.8) is 0 Å². The molecule has 206 valence electrons. The zero-order valence-corrected chi connectivity index (χ0v) is 27.0. The Labute approximate surface area is 262 Å². The molecule has 0 amide bonds. The Morgan fingerprint density at radius 2 is 0.366 bits per heavy atom. The third kappa shape index (κ3) is 9.32. The van der Waals surface area contributed by atoms with Gasteiger partial charge in [0.1, 0.15) is 0 Å². The summed E-state index contributed by atoms with van der Waals surface area (Å²) < 4.78 is 0. The average molecular weight is 748 g/mol. The van der Waals surface area contributed by atoms with Crippen LogP contribution in [0.4, 0.5) is 0 Å². The first-order valence-electron chi connectivity index (χ1n) is 13.3. The molecule has 0 saturated heterocycles. The molecule has 6 aromatic rings. The van der Waals surface area contributed by atoms with Gasteiger partial charge in [-0.25, -0.2) is 0 Å². The quantitative estimate of drug-likeness (QED) is 0.121. The molecule has 41 heavy (non-hydrogen) atoms. The van der Waals surface area contributed by atoms with Crippen LogP contribution in [0, 0.1) is 0 Å². The van der Waals surface area contributed by atoms with Crippen molar-refractivity contribution < 1.29 is 21.1 Å². The molecule has 0 heterocycles. The summed E-state index contributed by atoms with van der Waals surface area (Å²) in [7, 11) is -0.892. The van der Waals surface area contributed by atoms with Crippen LogP contribution in [0.25, 0.3) is 0 Å². The minimum Gasteiger partial charge on any atom is -0.106 e. The van der Waals surface area contributed by atoms with E-state index in [4.69, 9.17) is 0 Å². The van der Waals surface area contributed by atoms with Gasteiger partial charge >= 0.3 is 0 Å². The predicted molar refractivity (Wildman–Crippen MR) is 182 cm³/mol. The molecule has 0 unspecified atom stereocenters. The summed E-state index contributed by atoms with van der Waals surface area (Å²) in [5.41, 5.74) is 0. The van der Waals surface area contributed by atoms with E-state index in [1.165, 1.54) is 31.8 Å². The summed E-state index contributed by atoms with van der Waals surface area (Å²) in [6, 6.07) is 64.7. The van der Waals surface area contributed by atoms with Gasteiger partial charge in [0.25, 0.3) is 0 Å². The molecule has 3 heteroatoms. The Hall–Kier alpha value is -3.39. The van der Waals surface area contributed by atoms with Crippen LogP contribution in [0.1, 0.15) is 0 Å². The number of hydrogen-bond acceptors (Lipinski definition) is 0. The molecule has 0 N–H and O–H groups in total. The summed E-state index contributed by atoms with van der Waals surface area (Å²) in [4.78, 5) is 0. The molecule has 0 spiro atoms. The molecular weight excluding hydrogens is 713 g/mol. The first-order valence-corrected chi connectivity index (χ1v) is 16.0. The zero-order valence-electron chi connectivity index (χ0n) is 22.9. The summed E-state index contributed by atoms with van der Waals surface area (Å²) in [5, 5.41) is 8.39. The first kappa shape index (κ1) is 32.1. The van der Waals surface area contributed by atoms with Gasteiger partial charge in [-0.2, -0.15) is 0 Å². The van der Waals surface area contributed by atoms with E-state index in [0.717, 1.165) is 0 Å². The van der Waals surface area contributed by atoms with E-state index in [-0.39, 0.29) is 21.1 Å². The third-order valence-corrected chi connectivity index (χ3v) is 11.0. The van der Waals surface area contributed by atoms with E-state index in [1.54, 1.807) is 0 Å². The Morgan fingerprint density at radius 1 is 0.244 bits per heavy atom. The Balaban J connectivity index is 0.000000208. The van der Waals surface area contributed by atoms with Gasteiger partial charge in [0, 0.05) is 21.1 Å². The van der Waals surface area contributed by atoms with Crippen molar-refractivity contribution >= 4 is 47.7 Å². The summed E-state index contributed by atoms with van der Waals surface area (Å²) in [5.74, 6) is 0. The average Bonchev–Trinajstić information content (AvgIpc) is 3.06. The van der Waals surface area contributed by atoms with Crippen LogP contribution in [0.15, 0.2) is 195 Å². The Bertz CT molecular complexity index is 1190. The van der Waals surface area contributed by atoms with Crippen LogP contribution < -0.4 is 31.8 Å². The zero-order chi connectivity index (χ0) is 27.8. The molecule has 0 aliphatic heterocycles. The topological polar surface area (TPSA) is 0 Å². The molecule has 0 fully saturated rings. The Kier molecular flexibility index (Phi) is 14.2. The second kappa shape index (κ2) is 18.1. The largest absolute Gasteiger partial charge is 0.106 e. The second-order valence-electron chi connectivity index (χ2n) is 8.68. The molecule has 0 bridgehead atoms. The minimum atomic E-state index is -0.446. The van der Waals surface area contributed by atoms with Crippen LogP contribution in [0.2, 0.25) is 0 Å². The molecule has 0 atom stereocenters. The van der Waals surface area contributed by atoms with Crippen molar-refractivity contribution in [2.75, 3.05) is 0 Å². The van der Waals surface area contributed by atoms with Crippen molar-refractivity contribution in [2.45, 2.75) is 0 Å². The number of hydrogen-bond donors (Lipinski definition) is 0. The van der Waals surface area contributed by atoms with Crippen molar-refractivity contribution in [3.05, 3.63) is 195 Å². The SMILES string of the molecule is C=C.[Pt].c1ccc(P(c2ccccc2)c2ccccc2)cc1.c1ccc(P(c2ccccc2)c2ccccc2)cc1. The van der Waals surface area contributed by atoms with Gasteiger partial charge < -0.3 is 0 Å². The Morgan fingerprint density at radius 3 is 0.488 bits per heavy atom. The number of benzene rings is 6. The van der Waals surface area contributed by atoms with Crippen LogP contribution in [0.3, 0.4) is 0 Å². The van der Waals surface area contributed by atoms with Gasteiger partial charge in [-0.1, -0.05) is 182 Å². The normalized spacial score (nSPS) is 9.90. The standard InChI is InChI=1S/2C18H15P.C2H4.Pt/c2*1-4-10-16(11-5-1)19(17-12-6-2-7-13-17)18-14-8-3-9-15-18;1-2;/h2*1-15H;1-2H2;. The van der Waals surface area contributed by atoms with Gasteiger partial charge in [-0.3, -0.25) is 0 Å². The van der Waals surface area contributed by atoms with Crippen molar-refractivity contribution in [1.82, 2.24) is 0 Å². The summed E-state index contributed by atoms with van der Waals surface area (Å²) in [6.45, 7) is 6.00. The van der Waals surface area contributed by atoms with Crippen LogP contribution >= 0.6 is 15.8 Å². The maximum absolute atomic E-state index is 3.00. The number of rotatable bonds is 6. The molecule has 0 aliphatic carbocycles. The smallest absolute Gasteiger partial charge is 0 e. The minimum absolute atomic E-state index is 0. The van der Waals surface area contributed by atoms with E-state index in [9.17, 15) is 0 Å². The van der Waals surface area contributed by atoms with Crippen LogP contribution in [0.5, 0.6) is 0 Å². The van der Waals surface area contributed by atoms with Crippen LogP contribution in [-0.4, -0.2) is 0 Å². The van der Waals surface area contributed by atoms with Gasteiger partial charge in [0.15, 0.2) is 0 Å². The molecule has 0 radical (unpaired) electrons. The van der Waals surface area contributed by atoms with Crippen molar-refractivity contribution in [1.29, 1.82) is 0 Å². The predicted octanol–water partition coefficient (Wildman–Crippen LogP) is 7.69. The van der Waals surface area contributed by atoms with E-state index < -0.39 is 15.8 Å². The van der Waals surface area contributed by atoms with Crippen LogP contribution in [-0.2, 0) is 21.1 Å². The fraction of sp³-hybridized carbons (Fsp3) is 0. The van der Waals surface area contributed by atoms with E-state index >= 15 is 0 Å². The fourth-order valence-corrected chi connectivity index (χ4v) is 8.97. The molecule has 0 saturated carbocycles. The summed E-state index contributed by atoms with van der Waals surface area (Å²) in [6.07, 6.45) is 0. The molecule has 0 nitrogen and oxygen atoms in total. The molecule has 0 aromatic heterocycles. The fourth-order valence-electron chi connectivity index (χ4n) is 4.36. The molecular formula is C38H34P2Pt. The van der Waals surface area contributed by atoms with Crippen molar-refractivity contribution in [3.8, 4) is 0 Å². The monoisotopic (exact) mass is 747 g/mol. The van der Waals surface area contributed by atoms with Gasteiger partial charge in [-0.15, -0.1) is 13.2 Å². The molecule has 0 aliphatic rings. The molecule has 6 aromatic carbocycles. The van der Waals surface area contributed by atoms with Gasteiger partial charge in [0.2, 0.25) is 0 Å². The molecule has 6 rings (SSSR count). The van der Waals surface area contributed by atoms with Crippen molar-refractivity contribution in [2.24, 2.45) is 0 Å². The first-order chi connectivity index (χ1) is 19.9. The maximum atomic E-state index is 3.00.